The number of hydrogen-bond donors (Lipinski definition) is 8. The molecule has 42 heteroatoms. The minimum Gasteiger partial charge on any atom is -0.497 e. The molecule has 16 rings (SSSR count). The van der Waals surface area contributed by atoms with E-state index in [1.54, 1.807) is 54.3 Å². The topological polar surface area (TPSA) is 483 Å². The molecule has 1 amide bonds. The summed E-state index contributed by atoms with van der Waals surface area (Å²) in [6.07, 6.45) is 12.7. The van der Waals surface area contributed by atoms with Gasteiger partial charge >= 0.3 is 39.5 Å². The van der Waals surface area contributed by atoms with Crippen molar-refractivity contribution in [3.8, 4) is 46.0 Å². The normalized spacial score (nSPS) is 11.1. The number of alkyl halides is 1. The standard InChI is InChI=1S/C28H29N5O4.C21H21N3O4S.C12H13N3O3S.C10H14N2OS.C9H12N2OS.C9H10O2.C8H12N2.C2ClNO2.CH3I.CH4O.CH4/c1-18-12-19(2)29-14-23(18)15-30-26-31-27(34)33(17-21-6-9-25-22(13-21)10-11-37-25)28(35)32(26)16-20-4-7-24(36-3)8-5-20;1-27-17-6-3-14(4-7-17)12-24-20(29-2)22-19(25)23(21(24)26)13-15-5-8-18-16(11-15)9-10-28-18;1-18-9-5-3-8(4-6-9)7-15-11(17)13-10(16)14-12(15)19-2;1-13-9-5-3-8(4-6-9)7-12-10(11)14-2;1-12-8-4-2-7(3-5-8)6-11-9(10)13;10-6-7-1-2-9-8(5-7)3-4-11-9;1-6-3-7(2)10-5-8(6)4-9;3-2(6)4-1-5;2*1-2;/h4-9,12-14H,10-11,15-17H2,1-3H3,(H,30,31,34);3-8,11H,9-10,12-13H2,1-2H3;3-6H,7H2,1-2H3,(H,13,16,17);3-6H,7H2,1-2H3,(H2,11,12);2-5H,6H2,1H3,(H3,10,11,13);1-2,5,10H,3-4,6H2;3,5H,4,9H2,1-2H3;;1H3;2H,1H3;1H4. The Morgan fingerprint density at radius 3 is 1.26 bits per heavy atom. The highest BCUT2D eigenvalue weighted by Crippen LogP contribution is 2.30. The van der Waals surface area contributed by atoms with Crippen molar-refractivity contribution in [1.82, 2.24) is 58.1 Å². The van der Waals surface area contributed by atoms with Crippen LogP contribution in [0.4, 0.5) is 10.7 Å². The number of nitrogens with zero attached hydrogens (tertiary/aromatic N) is 12. The number of thioether (sulfide) groups is 3. The van der Waals surface area contributed by atoms with Crippen LogP contribution in [0.15, 0.2) is 250 Å². The molecule has 3 aliphatic heterocycles. The van der Waals surface area contributed by atoms with Crippen LogP contribution in [0.2, 0.25) is 0 Å². The third-order valence-electron chi connectivity index (χ3n) is 21.1. The molecule has 766 valence electrons. The molecule has 0 saturated heterocycles. The zero-order chi connectivity index (χ0) is 104. The number of methoxy groups -OCH3 is 5. The van der Waals surface area contributed by atoms with Gasteiger partial charge in [-0.3, -0.25) is 38.4 Å². The van der Waals surface area contributed by atoms with E-state index in [1.807, 2.05) is 226 Å². The Labute approximate surface area is 871 Å². The number of halogens is 2. The summed E-state index contributed by atoms with van der Waals surface area (Å²) >= 11 is 15.3. The monoisotopic (exact) mass is 2180 g/mol. The molecule has 0 spiro atoms. The molecule has 8 aromatic carbocycles. The third-order valence-corrected chi connectivity index (χ3v) is 23.2. The molecule has 3 aliphatic rings. The Hall–Kier alpha value is -13.8. The molecular weight excluding hydrogens is 2060 g/mol. The van der Waals surface area contributed by atoms with Crippen LogP contribution in [-0.2, 0) is 89.6 Å². The summed E-state index contributed by atoms with van der Waals surface area (Å²) in [5.41, 5.74) is 30.7. The Bertz CT molecular complexity index is 6780. The van der Waals surface area contributed by atoms with Crippen molar-refractivity contribution in [3.63, 3.8) is 0 Å². The highest BCUT2D eigenvalue weighted by molar-refractivity contribution is 14.1. The molecule has 11 N–H and O–H groups in total. The largest absolute Gasteiger partial charge is 0.497 e. The van der Waals surface area contributed by atoms with Gasteiger partial charge in [-0.05, 0) is 256 Å². The summed E-state index contributed by atoms with van der Waals surface area (Å²) in [4.78, 5) is 125. The number of aromatic nitrogens is 11. The smallest absolute Gasteiger partial charge is 0.355 e. The van der Waals surface area contributed by atoms with Crippen molar-refractivity contribution in [3.05, 3.63) is 358 Å². The molecule has 13 aromatic rings. The number of nitrogens with two attached hydrogens (primary N) is 3. The number of aliphatic hydroxyl groups is 2. The van der Waals surface area contributed by atoms with Crippen LogP contribution in [0.3, 0.4) is 0 Å². The molecule has 0 radical (unpaired) electrons. The summed E-state index contributed by atoms with van der Waals surface area (Å²) in [5, 5.41) is 22.6. The van der Waals surface area contributed by atoms with E-state index in [0.29, 0.717) is 73.1 Å². The van der Waals surface area contributed by atoms with Gasteiger partial charge in [0.2, 0.25) is 12.0 Å². The average molecular weight is 2180 g/mol. The quantitative estimate of drug-likeness (QED) is 0.00287. The Kier molecular flexibility index (Phi) is 52.3. The van der Waals surface area contributed by atoms with Crippen molar-refractivity contribution < 1.29 is 57.7 Å². The molecule has 144 heavy (non-hydrogen) atoms. The van der Waals surface area contributed by atoms with Crippen LogP contribution in [0.25, 0.3) is 0 Å². The van der Waals surface area contributed by atoms with Gasteiger partial charge in [0, 0.05) is 69.8 Å². The number of carbonyl (C=O) groups excluding carboxylic acids is 2. The second-order valence-corrected chi connectivity index (χ2v) is 33.7. The number of thiocarbonyl (C=S) groups is 1. The van der Waals surface area contributed by atoms with Crippen molar-refractivity contribution in [1.29, 1.82) is 0 Å². The number of aliphatic hydroxyl groups excluding tert-OH is 2. The van der Waals surface area contributed by atoms with E-state index in [4.69, 9.17) is 70.1 Å². The number of aryl methyl sites for hydroxylation is 4. The molecule has 0 atom stereocenters. The third kappa shape index (κ3) is 38.2. The molecule has 0 fully saturated rings. The molecule has 0 unspecified atom stereocenters. The van der Waals surface area contributed by atoms with Crippen molar-refractivity contribution in [2.45, 2.75) is 130 Å². The minimum absolute atomic E-state index is 0. The fourth-order valence-electron chi connectivity index (χ4n) is 13.7. The number of fused-ring (bicyclic) bond motifs is 3. The van der Waals surface area contributed by atoms with Crippen molar-refractivity contribution in [2.24, 2.45) is 27.2 Å². The number of isocyanates is 1. The summed E-state index contributed by atoms with van der Waals surface area (Å²) in [5.74, 6) is 6.83. The first-order valence-corrected chi connectivity index (χ1v) is 50.6. The maximum absolute atomic E-state index is 13.7. The fourth-order valence-corrected chi connectivity index (χ4v) is 15.0. The zero-order valence-electron chi connectivity index (χ0n) is 81.8. The highest BCUT2D eigenvalue weighted by atomic mass is 127. The number of amides is 1. The van der Waals surface area contributed by atoms with Crippen LogP contribution in [0.5, 0.6) is 46.0 Å². The molecule has 8 heterocycles. The van der Waals surface area contributed by atoms with Gasteiger partial charge in [-0.25, -0.2) is 42.7 Å². The maximum Gasteiger partial charge on any atom is 0.355 e. The Balaban J connectivity index is 0.000000265. The summed E-state index contributed by atoms with van der Waals surface area (Å²) in [6, 6.07) is 59.2. The number of benzene rings is 8. The molecule has 36 nitrogen and oxygen atoms in total. The number of nitrogens with one attached hydrogen (secondary N) is 3. The lowest BCUT2D eigenvalue weighted by Gasteiger charge is -2.16. The predicted octanol–water partition coefficient (Wildman–Crippen LogP) is 13.1. The predicted molar refractivity (Wildman–Crippen MR) is 581 cm³/mol. The van der Waals surface area contributed by atoms with Gasteiger partial charge in [0.15, 0.2) is 20.6 Å². The van der Waals surface area contributed by atoms with E-state index in [-0.39, 0.29) is 45.3 Å². The van der Waals surface area contributed by atoms with E-state index in [0.717, 1.165) is 169 Å². The first-order valence-electron chi connectivity index (χ1n) is 44.0. The second kappa shape index (κ2) is 63.3. The first kappa shape index (κ1) is 119. The van der Waals surface area contributed by atoms with Gasteiger partial charge in [0.25, 0.3) is 0 Å². The van der Waals surface area contributed by atoms with E-state index in [9.17, 15) is 33.6 Å². The Morgan fingerprint density at radius 2 is 0.882 bits per heavy atom. The summed E-state index contributed by atoms with van der Waals surface area (Å²) < 4.78 is 48.8. The molecule has 5 aromatic heterocycles. The highest BCUT2D eigenvalue weighted by Gasteiger charge is 2.21. The van der Waals surface area contributed by atoms with Gasteiger partial charge in [-0.2, -0.15) is 15.0 Å². The number of anilines is 1. The van der Waals surface area contributed by atoms with Crippen molar-refractivity contribution in [2.75, 3.05) is 91.5 Å². The zero-order valence-corrected chi connectivity index (χ0v) is 88.0. The number of hydrogen-bond acceptors (Lipinski definition) is 30. The van der Waals surface area contributed by atoms with Gasteiger partial charge in [-0.15, -0.1) is 4.99 Å². The van der Waals surface area contributed by atoms with Crippen LogP contribution in [0, 0.1) is 27.7 Å². The Morgan fingerprint density at radius 1 is 0.514 bits per heavy atom. The van der Waals surface area contributed by atoms with Gasteiger partial charge < -0.3 is 75.9 Å². The number of amidine groups is 1. The average Bonchev–Trinajstić information content (AvgIpc) is 0.997. The number of pyridine rings is 2. The summed E-state index contributed by atoms with van der Waals surface area (Å²) in [6.45, 7) is 13.6. The lowest BCUT2D eigenvalue weighted by atomic mass is 10.1. The number of aliphatic imine (C=N–C) groups is 2. The van der Waals surface area contributed by atoms with Crippen LogP contribution < -0.4 is 99.9 Å². The molecule has 0 aliphatic carbocycles. The first-order chi connectivity index (χ1) is 69.0. The number of ether oxygens (including phenoxy) is 8. The van der Waals surface area contributed by atoms with Gasteiger partial charge in [0.1, 0.15) is 46.0 Å². The number of carbonyl (C=O) groups is 1. The second-order valence-electron chi connectivity index (χ2n) is 30.5. The van der Waals surface area contributed by atoms with E-state index >= 15 is 0 Å². The van der Waals surface area contributed by atoms with E-state index in [2.05, 4.69) is 104 Å². The molecule has 0 bridgehead atoms. The maximum atomic E-state index is 13.7. The number of aromatic amines is 1. The van der Waals surface area contributed by atoms with Crippen molar-refractivity contribution >= 4 is 109 Å². The van der Waals surface area contributed by atoms with E-state index in [1.165, 1.54) is 69.2 Å². The lowest BCUT2D eigenvalue weighted by molar-refractivity contribution is 0.266. The fraction of sp³-hybridized carbons (Fsp3) is 0.304. The molecule has 0 saturated carbocycles. The number of H-pyrrole nitrogens is 1. The SMILES string of the molecule is C.CI.CO.COc1ccc(CN=C(N)SC)cc1.COc1ccc(CNC(N)=S)cc1.COc1ccc(Cn2c(NCc3cnc(C)cc3C)nc(=O)n(Cc3ccc4c(c3)CCO4)c2=O)cc1.COc1ccc(Cn2c(SC)nc(=O)[nH]c2=O)cc1.COc1ccc(Cn2c(SC)nc(=O)n(Cc3ccc4c(c3)CCO4)c2=O)cc1.Cc1cc(C)c(CN)cn1.O=C=NC(=O)Cl.OCc1ccc2c(c1)CCO2. The molecular formula is C102H122ClIN18O18S4. The van der Waals surface area contributed by atoms with Crippen LogP contribution in [0.1, 0.15) is 102 Å². The minimum atomic E-state index is -1.04. The lowest BCUT2D eigenvalue weighted by Crippen LogP contribution is -2.43. The number of rotatable bonds is 26. The van der Waals surface area contributed by atoms with E-state index < -0.39 is 33.8 Å². The van der Waals surface area contributed by atoms with Crippen LogP contribution in [-0.4, -0.2) is 171 Å². The van der Waals surface area contributed by atoms with Gasteiger partial charge in [-0.1, -0.05) is 156 Å². The van der Waals surface area contributed by atoms with Gasteiger partial charge in [0.05, 0.1) is 101 Å². The summed E-state index contributed by atoms with van der Waals surface area (Å²) in [7, 11) is 9.10. The van der Waals surface area contributed by atoms with Crippen LogP contribution >= 0.6 is 81.7 Å².